The van der Waals surface area contributed by atoms with Crippen LogP contribution >= 0.6 is 11.3 Å². The van der Waals surface area contributed by atoms with Gasteiger partial charge in [0.05, 0.1) is 10.7 Å². The van der Waals surface area contributed by atoms with Crippen LogP contribution in [0.2, 0.25) is 0 Å². The molecule has 0 fully saturated rings. The zero-order chi connectivity index (χ0) is 14.3. The number of thiazole rings is 1. The molecule has 1 rings (SSSR count). The van der Waals surface area contributed by atoms with Crippen LogP contribution in [0.25, 0.3) is 0 Å². The summed E-state index contributed by atoms with van der Waals surface area (Å²) in [4.78, 5) is 4.74. The van der Waals surface area contributed by atoms with Gasteiger partial charge in [-0.1, -0.05) is 53.4 Å². The van der Waals surface area contributed by atoms with E-state index in [0.29, 0.717) is 6.04 Å². The average Bonchev–Trinajstić information content (AvgIpc) is 2.81. The minimum absolute atomic E-state index is 0.140. The van der Waals surface area contributed by atoms with Gasteiger partial charge in [0.15, 0.2) is 0 Å². The third-order valence-electron chi connectivity index (χ3n) is 3.38. The van der Waals surface area contributed by atoms with Gasteiger partial charge in [-0.2, -0.15) is 0 Å². The maximum absolute atomic E-state index is 5.65. The number of nitrogens with two attached hydrogens (primary N) is 1. The normalized spacial score (nSPS) is 13.7. The van der Waals surface area contributed by atoms with Crippen molar-refractivity contribution in [3.8, 4) is 0 Å². The lowest BCUT2D eigenvalue weighted by Gasteiger charge is -2.15. The molecule has 1 heterocycles. The Morgan fingerprint density at radius 3 is 2.58 bits per heavy atom. The molecular formula is C15H29N3S. The lowest BCUT2D eigenvalue weighted by molar-refractivity contribution is 0.461. The molecule has 0 aliphatic carbocycles. The first-order valence-electron chi connectivity index (χ1n) is 7.38. The molecule has 0 saturated carbocycles. The Balaban J connectivity index is 2.45. The Morgan fingerprint density at radius 2 is 2.05 bits per heavy atom. The summed E-state index contributed by atoms with van der Waals surface area (Å²) in [5, 5.41) is 3.38. The van der Waals surface area contributed by atoms with Crippen molar-refractivity contribution in [2.24, 2.45) is 5.84 Å². The summed E-state index contributed by atoms with van der Waals surface area (Å²) in [6.07, 6.45) is 7.25. The topological polar surface area (TPSA) is 50.9 Å². The number of unbranched alkanes of at least 4 members (excludes halogenated alkanes) is 3. The second-order valence-electron chi connectivity index (χ2n) is 6.29. The molecule has 3 N–H and O–H groups in total. The summed E-state index contributed by atoms with van der Waals surface area (Å²) in [5.74, 6) is 5.65. The van der Waals surface area contributed by atoms with Crippen molar-refractivity contribution in [3.05, 3.63) is 16.1 Å². The highest BCUT2D eigenvalue weighted by Gasteiger charge is 2.18. The third-order valence-corrected chi connectivity index (χ3v) is 4.25. The van der Waals surface area contributed by atoms with Crippen LogP contribution in [-0.2, 0) is 11.8 Å². The van der Waals surface area contributed by atoms with Gasteiger partial charge in [-0.3, -0.25) is 11.3 Å². The second kappa shape index (κ2) is 7.98. The van der Waals surface area contributed by atoms with Gasteiger partial charge in [0.25, 0.3) is 0 Å². The van der Waals surface area contributed by atoms with Gasteiger partial charge >= 0.3 is 0 Å². The number of hydrazine groups is 1. The van der Waals surface area contributed by atoms with Gasteiger partial charge in [0.1, 0.15) is 0 Å². The number of hydrogen-bond donors (Lipinski definition) is 2. The molecule has 0 aliphatic heterocycles. The van der Waals surface area contributed by atoms with E-state index in [1.807, 2.05) is 0 Å². The molecule has 110 valence electrons. The average molecular weight is 283 g/mol. The summed E-state index contributed by atoms with van der Waals surface area (Å²) in [6.45, 7) is 8.85. The highest BCUT2D eigenvalue weighted by Crippen LogP contribution is 2.24. The summed E-state index contributed by atoms with van der Waals surface area (Å²) in [7, 11) is 0. The molecule has 0 saturated heterocycles. The predicted molar refractivity (Wildman–Crippen MR) is 84.4 cm³/mol. The van der Waals surface area contributed by atoms with Crippen LogP contribution in [0.3, 0.4) is 0 Å². The van der Waals surface area contributed by atoms with Crippen molar-refractivity contribution in [2.75, 3.05) is 0 Å². The van der Waals surface area contributed by atoms with E-state index in [1.54, 1.807) is 11.3 Å². The Hall–Kier alpha value is -0.450. The van der Waals surface area contributed by atoms with Crippen LogP contribution in [0, 0.1) is 0 Å². The first-order valence-corrected chi connectivity index (χ1v) is 8.26. The van der Waals surface area contributed by atoms with E-state index in [4.69, 9.17) is 10.8 Å². The summed E-state index contributed by atoms with van der Waals surface area (Å²) in [6, 6.07) is 0.357. The van der Waals surface area contributed by atoms with Crippen LogP contribution in [0.1, 0.15) is 70.5 Å². The third kappa shape index (κ3) is 6.02. The molecule has 3 nitrogen and oxygen atoms in total. The van der Waals surface area contributed by atoms with Crippen LogP contribution in [0.4, 0.5) is 0 Å². The van der Waals surface area contributed by atoms with E-state index in [2.05, 4.69) is 38.5 Å². The number of nitrogens with one attached hydrogen (secondary N) is 1. The molecule has 4 heteroatoms. The lowest BCUT2D eigenvalue weighted by atomic mass is 9.93. The fourth-order valence-corrected chi connectivity index (χ4v) is 3.12. The Kier molecular flexibility index (Phi) is 6.97. The maximum atomic E-state index is 5.65. The Morgan fingerprint density at radius 1 is 1.32 bits per heavy atom. The van der Waals surface area contributed by atoms with Crippen molar-refractivity contribution >= 4 is 11.3 Å². The molecule has 0 bridgehead atoms. The zero-order valence-electron chi connectivity index (χ0n) is 12.8. The quantitative estimate of drug-likeness (QED) is 0.433. The first kappa shape index (κ1) is 16.6. The second-order valence-corrected chi connectivity index (χ2v) is 7.24. The van der Waals surface area contributed by atoms with E-state index >= 15 is 0 Å². The van der Waals surface area contributed by atoms with Crippen molar-refractivity contribution in [2.45, 2.75) is 77.7 Å². The smallest absolute Gasteiger partial charge is 0.0944 e. The van der Waals surface area contributed by atoms with Crippen molar-refractivity contribution in [1.29, 1.82) is 0 Å². The highest BCUT2D eigenvalue weighted by molar-refractivity contribution is 7.09. The minimum Gasteiger partial charge on any atom is -0.271 e. The van der Waals surface area contributed by atoms with E-state index in [0.717, 1.165) is 12.8 Å². The first-order chi connectivity index (χ1) is 8.97. The number of hydrogen-bond acceptors (Lipinski definition) is 4. The summed E-state index contributed by atoms with van der Waals surface area (Å²) >= 11 is 1.76. The zero-order valence-corrected chi connectivity index (χ0v) is 13.6. The van der Waals surface area contributed by atoms with Crippen molar-refractivity contribution in [1.82, 2.24) is 10.4 Å². The monoisotopic (exact) mass is 283 g/mol. The van der Waals surface area contributed by atoms with E-state index in [9.17, 15) is 0 Å². The standard InChI is InChI=1S/C15H29N3S/c1-5-6-7-8-9-12(18-16)10-14-17-13(11-19-14)15(2,3)4/h11-12,18H,5-10,16H2,1-4H3. The largest absolute Gasteiger partial charge is 0.271 e. The van der Waals surface area contributed by atoms with Crippen LogP contribution in [-0.4, -0.2) is 11.0 Å². The van der Waals surface area contributed by atoms with E-state index in [-0.39, 0.29) is 5.41 Å². The molecular weight excluding hydrogens is 254 g/mol. The number of rotatable bonds is 8. The Bertz CT molecular complexity index is 355. The molecule has 1 aromatic heterocycles. The highest BCUT2D eigenvalue weighted by atomic mass is 32.1. The molecule has 0 aliphatic rings. The SMILES string of the molecule is CCCCCCC(Cc1nc(C(C)(C)C)cs1)NN. The van der Waals surface area contributed by atoms with Crippen molar-refractivity contribution in [3.63, 3.8) is 0 Å². The summed E-state index contributed by atoms with van der Waals surface area (Å²) < 4.78 is 0. The minimum atomic E-state index is 0.140. The van der Waals surface area contributed by atoms with Gasteiger partial charge in [0.2, 0.25) is 0 Å². The molecule has 1 aromatic rings. The Labute approximate surface area is 122 Å². The van der Waals surface area contributed by atoms with Crippen LogP contribution < -0.4 is 11.3 Å². The van der Waals surface area contributed by atoms with Crippen molar-refractivity contribution < 1.29 is 0 Å². The van der Waals surface area contributed by atoms with Gasteiger partial charge < -0.3 is 0 Å². The van der Waals surface area contributed by atoms with E-state index < -0.39 is 0 Å². The van der Waals surface area contributed by atoms with Crippen LogP contribution in [0.15, 0.2) is 5.38 Å². The van der Waals surface area contributed by atoms with Crippen LogP contribution in [0.5, 0.6) is 0 Å². The molecule has 1 unspecified atom stereocenters. The van der Waals surface area contributed by atoms with Gasteiger partial charge in [-0.15, -0.1) is 11.3 Å². The lowest BCUT2D eigenvalue weighted by Crippen LogP contribution is -2.36. The molecule has 0 radical (unpaired) electrons. The van der Waals surface area contributed by atoms with Gasteiger partial charge in [-0.05, 0) is 6.42 Å². The molecule has 19 heavy (non-hydrogen) atoms. The number of aromatic nitrogens is 1. The predicted octanol–water partition coefficient (Wildman–Crippen LogP) is 3.79. The maximum Gasteiger partial charge on any atom is 0.0944 e. The molecule has 0 aromatic carbocycles. The number of nitrogens with zero attached hydrogens (tertiary/aromatic N) is 1. The molecule has 0 amide bonds. The van der Waals surface area contributed by atoms with Gasteiger partial charge in [0, 0.05) is 23.3 Å². The fraction of sp³-hybridized carbons (Fsp3) is 0.800. The van der Waals surface area contributed by atoms with E-state index in [1.165, 1.54) is 36.4 Å². The molecule has 1 atom stereocenters. The summed E-state index contributed by atoms with van der Waals surface area (Å²) in [5.41, 5.74) is 4.27. The fourth-order valence-electron chi connectivity index (χ4n) is 2.02. The molecule has 0 spiro atoms. The van der Waals surface area contributed by atoms with Gasteiger partial charge in [-0.25, -0.2) is 4.98 Å².